The van der Waals surface area contributed by atoms with E-state index in [0.717, 1.165) is 25.0 Å². The number of aryl methyl sites for hydroxylation is 1. The lowest BCUT2D eigenvalue weighted by Gasteiger charge is -2.50. The lowest BCUT2D eigenvalue weighted by molar-refractivity contribution is -0.129. The summed E-state index contributed by atoms with van der Waals surface area (Å²) in [6.07, 6.45) is 1.43. The molecule has 2 aliphatic heterocycles. The van der Waals surface area contributed by atoms with Crippen LogP contribution in [0.1, 0.15) is 83.5 Å². The molecule has 302 valence electrons. The number of carbonyl (C=O) groups excluding carboxylic acids is 3. The van der Waals surface area contributed by atoms with Gasteiger partial charge in [0, 0.05) is 42.2 Å². The lowest BCUT2D eigenvalue weighted by Crippen LogP contribution is -2.66. The summed E-state index contributed by atoms with van der Waals surface area (Å²) in [7, 11) is 0. The van der Waals surface area contributed by atoms with E-state index in [1.165, 1.54) is 11.3 Å². The van der Waals surface area contributed by atoms with Gasteiger partial charge in [0.15, 0.2) is 17.4 Å². The summed E-state index contributed by atoms with van der Waals surface area (Å²) in [6.45, 7) is 11.0. The molecule has 3 aliphatic rings. The van der Waals surface area contributed by atoms with Crippen LogP contribution in [0.5, 0.6) is 5.75 Å². The number of rotatable bonds is 10. The van der Waals surface area contributed by atoms with Crippen molar-refractivity contribution in [2.45, 2.75) is 110 Å². The molecule has 0 spiro atoms. The minimum Gasteiger partial charge on any atom is -0.488 e. The maximum atomic E-state index is 15.2. The number of thiazole rings is 1. The van der Waals surface area contributed by atoms with E-state index in [9.17, 15) is 18.4 Å². The minimum atomic E-state index is -0.960. The molecule has 0 N–H and O–H groups in total. The molecule has 1 aliphatic carbocycles. The second-order valence-electron chi connectivity index (χ2n) is 16.2. The topological polar surface area (TPSA) is 102 Å². The Morgan fingerprint density at radius 3 is 2.32 bits per heavy atom. The van der Waals surface area contributed by atoms with Crippen LogP contribution in [0.4, 0.5) is 18.4 Å². The van der Waals surface area contributed by atoms with Crippen molar-refractivity contribution in [3.05, 3.63) is 84.3 Å². The van der Waals surface area contributed by atoms with Gasteiger partial charge in [0.2, 0.25) is 0 Å². The van der Waals surface area contributed by atoms with E-state index >= 15 is 4.79 Å². The van der Waals surface area contributed by atoms with Gasteiger partial charge < -0.3 is 24.0 Å². The predicted molar refractivity (Wildman–Crippen MR) is 212 cm³/mol. The maximum Gasteiger partial charge on any atom is 0.411 e. The Kier molecular flexibility index (Phi) is 12.5. The van der Waals surface area contributed by atoms with Crippen molar-refractivity contribution in [1.29, 1.82) is 0 Å². The highest BCUT2D eigenvalue weighted by atomic mass is 35.5. The summed E-state index contributed by atoms with van der Waals surface area (Å²) in [5.41, 5.74) is 0.779. The predicted octanol–water partition coefficient (Wildman–Crippen LogP) is 9.97. The number of hydrogen-bond donors (Lipinski definition) is 0. The number of amides is 3. The first kappa shape index (κ1) is 42.0. The number of piperazine rings is 1. The number of fused-ring (bicyclic) bond motifs is 2. The zero-order valence-electron chi connectivity index (χ0n) is 32.1. The lowest BCUT2D eigenvalue weighted by atomic mass is 9.84. The van der Waals surface area contributed by atoms with Crippen LogP contribution in [0.3, 0.4) is 0 Å². The fourth-order valence-corrected chi connectivity index (χ4v) is 8.29. The van der Waals surface area contributed by atoms with Crippen LogP contribution in [0.15, 0.2) is 41.3 Å². The van der Waals surface area contributed by atoms with Crippen LogP contribution >= 0.6 is 46.1 Å². The zero-order chi connectivity index (χ0) is 40.7. The molecular formula is C40H45Cl3F2N4O6S. The largest absolute Gasteiger partial charge is 0.488 e. The molecule has 3 heterocycles. The summed E-state index contributed by atoms with van der Waals surface area (Å²) in [6, 6.07) is 5.92. The van der Waals surface area contributed by atoms with Gasteiger partial charge >= 0.3 is 12.2 Å². The Morgan fingerprint density at radius 1 is 0.946 bits per heavy atom. The highest BCUT2D eigenvalue weighted by Crippen LogP contribution is 2.43. The summed E-state index contributed by atoms with van der Waals surface area (Å²) < 4.78 is 45.7. The number of nitrogens with zero attached hydrogens (tertiary/aromatic N) is 4. The van der Waals surface area contributed by atoms with Crippen molar-refractivity contribution < 1.29 is 37.4 Å². The molecular weight excluding hydrogens is 809 g/mol. The van der Waals surface area contributed by atoms with Crippen molar-refractivity contribution in [3.63, 3.8) is 0 Å². The monoisotopic (exact) mass is 852 g/mol. The van der Waals surface area contributed by atoms with E-state index in [1.54, 1.807) is 68.4 Å². The standard InChI is InChI=1S/C40H45Cl3F2N4O6S/c1-39(2,3)54-37(51)47-19-25-17-26(35-46-23(21-56-35)10-8-16-53-34-29(44)15-14-28(42)33(34)45)31(30(20-47)49(25)38(52)55-40(4,5)6)36(50)48(24-12-13-24)18-22-9-7-11-27(41)32(22)43/h7,9,11,14-15,21,24-25,30H,8,10,12-13,16-20H2,1-6H3/t25?,30-/m1/s1. The average Bonchev–Trinajstić information content (AvgIpc) is 3.84. The molecule has 2 bridgehead atoms. The molecule has 1 aromatic heterocycles. The highest BCUT2D eigenvalue weighted by Gasteiger charge is 2.51. The van der Waals surface area contributed by atoms with Crippen LogP contribution < -0.4 is 4.74 Å². The smallest absolute Gasteiger partial charge is 0.411 e. The summed E-state index contributed by atoms with van der Waals surface area (Å²) in [4.78, 5) is 52.7. The fourth-order valence-electron chi connectivity index (χ4n) is 6.84. The van der Waals surface area contributed by atoms with Crippen molar-refractivity contribution in [2.75, 3.05) is 19.7 Å². The zero-order valence-corrected chi connectivity index (χ0v) is 35.2. The van der Waals surface area contributed by atoms with E-state index < -0.39 is 52.9 Å². The van der Waals surface area contributed by atoms with Crippen molar-refractivity contribution >= 4 is 69.8 Å². The molecule has 1 unspecified atom stereocenters. The van der Waals surface area contributed by atoms with Crippen LogP contribution in [0, 0.1) is 11.6 Å². The Balaban J connectivity index is 1.37. The fraction of sp³-hybridized carbons (Fsp3) is 0.500. The van der Waals surface area contributed by atoms with Crippen LogP contribution in [-0.2, 0) is 27.2 Å². The number of carbonyl (C=O) groups is 3. The van der Waals surface area contributed by atoms with Crippen LogP contribution in [0.25, 0.3) is 5.57 Å². The molecule has 6 rings (SSSR count). The van der Waals surface area contributed by atoms with Gasteiger partial charge in [0.25, 0.3) is 5.91 Å². The third-order valence-corrected chi connectivity index (χ3v) is 11.5. The van der Waals surface area contributed by atoms with Crippen molar-refractivity contribution in [1.82, 2.24) is 19.7 Å². The first-order valence-electron chi connectivity index (χ1n) is 18.5. The molecule has 10 nitrogen and oxygen atoms in total. The normalized spacial score (nSPS) is 18.6. The van der Waals surface area contributed by atoms with Gasteiger partial charge in [-0.05, 0) is 97.4 Å². The number of benzene rings is 2. The molecule has 3 amide bonds. The molecule has 16 heteroatoms. The van der Waals surface area contributed by atoms with Crippen LogP contribution in [-0.4, -0.2) is 86.8 Å². The molecule has 0 radical (unpaired) electrons. The van der Waals surface area contributed by atoms with Gasteiger partial charge in [-0.15, -0.1) is 11.3 Å². The molecule has 2 aromatic carbocycles. The molecule has 56 heavy (non-hydrogen) atoms. The SMILES string of the molecule is CC(C)(C)OC(=O)N1CC2CC(c3nc(CCCOc4c(F)ccc(Cl)c4F)cs3)=C(C(=O)N(Cc3cccc(Cl)c3Cl)C3CC3)[C@@H](C1)N2C(=O)OC(C)(C)C. The maximum absolute atomic E-state index is 15.2. The van der Waals surface area contributed by atoms with Gasteiger partial charge in [-0.1, -0.05) is 46.9 Å². The van der Waals surface area contributed by atoms with Gasteiger partial charge in [0.1, 0.15) is 16.2 Å². The van der Waals surface area contributed by atoms with Gasteiger partial charge in [-0.25, -0.2) is 23.4 Å². The Bertz CT molecular complexity index is 2030. The second kappa shape index (κ2) is 16.7. The Labute approximate surface area is 344 Å². The Hall–Kier alpha value is -3.65. The van der Waals surface area contributed by atoms with Crippen molar-refractivity contribution in [2.24, 2.45) is 0 Å². The quantitative estimate of drug-likeness (QED) is 0.148. The molecule has 1 saturated carbocycles. The van der Waals surface area contributed by atoms with Gasteiger partial charge in [-0.3, -0.25) is 9.69 Å². The highest BCUT2D eigenvalue weighted by molar-refractivity contribution is 7.10. The van der Waals surface area contributed by atoms with E-state index in [4.69, 9.17) is 54.0 Å². The van der Waals surface area contributed by atoms with E-state index in [0.29, 0.717) is 50.3 Å². The first-order valence-corrected chi connectivity index (χ1v) is 20.5. The summed E-state index contributed by atoms with van der Waals surface area (Å²) in [5.74, 6) is -2.65. The van der Waals surface area contributed by atoms with E-state index in [2.05, 4.69) is 0 Å². The summed E-state index contributed by atoms with van der Waals surface area (Å²) >= 11 is 20.2. The number of halogens is 5. The minimum absolute atomic E-state index is 0.00534. The average molecular weight is 854 g/mol. The molecule has 2 fully saturated rings. The first-order chi connectivity index (χ1) is 26.3. The second-order valence-corrected chi connectivity index (χ2v) is 18.2. The number of hydrogen-bond acceptors (Lipinski definition) is 8. The summed E-state index contributed by atoms with van der Waals surface area (Å²) in [5, 5.41) is 2.95. The molecule has 1 saturated heterocycles. The third-order valence-electron chi connectivity index (χ3n) is 9.39. The third kappa shape index (κ3) is 9.71. The number of ether oxygens (including phenoxy) is 3. The van der Waals surface area contributed by atoms with Crippen molar-refractivity contribution in [3.8, 4) is 5.75 Å². The van der Waals surface area contributed by atoms with E-state index in [1.807, 2.05) is 11.4 Å². The van der Waals surface area contributed by atoms with Gasteiger partial charge in [-0.2, -0.15) is 0 Å². The van der Waals surface area contributed by atoms with E-state index in [-0.39, 0.29) is 49.6 Å². The molecule has 2 atom stereocenters. The number of aromatic nitrogens is 1. The molecule has 3 aromatic rings. The van der Waals surface area contributed by atoms with Crippen LogP contribution in [0.2, 0.25) is 15.1 Å². The Morgan fingerprint density at radius 2 is 1.64 bits per heavy atom. The van der Waals surface area contributed by atoms with Gasteiger partial charge in [0.05, 0.1) is 39.5 Å².